The molecule has 2 rings (SSSR count). The third-order valence-electron chi connectivity index (χ3n) is 4.06. The lowest BCUT2D eigenvalue weighted by atomic mass is 9.82. The molecular weight excluding hydrogens is 264 g/mol. The highest BCUT2D eigenvalue weighted by Crippen LogP contribution is 2.26. The van der Waals surface area contributed by atoms with E-state index in [0.29, 0.717) is 17.4 Å². The molecule has 1 fully saturated rings. The van der Waals surface area contributed by atoms with Crippen molar-refractivity contribution in [1.82, 2.24) is 5.32 Å². The number of nitrogens with one attached hydrogen (secondary N) is 1. The molecule has 20 heavy (non-hydrogen) atoms. The quantitative estimate of drug-likeness (QED) is 0.907. The Labute approximate surface area is 127 Å². The van der Waals surface area contributed by atoms with Gasteiger partial charge in [0.25, 0.3) is 0 Å². The Morgan fingerprint density at radius 2 is 2.00 bits per heavy atom. The van der Waals surface area contributed by atoms with Crippen LogP contribution in [0.1, 0.15) is 33.3 Å². The van der Waals surface area contributed by atoms with E-state index >= 15 is 0 Å². The number of amidine groups is 1. The number of thioether (sulfide) groups is 1. The Morgan fingerprint density at radius 3 is 2.65 bits per heavy atom. The highest BCUT2D eigenvalue weighted by Gasteiger charge is 2.22. The third-order valence-corrected chi connectivity index (χ3v) is 5.15. The van der Waals surface area contributed by atoms with Gasteiger partial charge in [0, 0.05) is 18.3 Å². The molecule has 0 aliphatic carbocycles. The first kappa shape index (κ1) is 15.4. The summed E-state index contributed by atoms with van der Waals surface area (Å²) in [5.74, 6) is 1.73. The molecule has 0 spiro atoms. The largest absolute Gasteiger partial charge is 0.361 e. The number of aliphatic imine (C=N–C) groups is 1. The molecule has 0 radical (unpaired) electrons. The fraction of sp³-hybridized carbons (Fsp3) is 0.588. The molecule has 1 aromatic rings. The summed E-state index contributed by atoms with van der Waals surface area (Å²) in [5.41, 5.74) is 1.73. The monoisotopic (exact) mass is 290 g/mol. The average Bonchev–Trinajstić information content (AvgIpc) is 2.83. The van der Waals surface area contributed by atoms with Gasteiger partial charge >= 0.3 is 0 Å². The molecule has 0 saturated carbocycles. The minimum atomic E-state index is 0.330. The van der Waals surface area contributed by atoms with Crippen molar-refractivity contribution in [1.29, 1.82) is 0 Å². The molecule has 0 aromatic heterocycles. The van der Waals surface area contributed by atoms with E-state index in [-0.39, 0.29) is 0 Å². The molecule has 1 saturated heterocycles. The van der Waals surface area contributed by atoms with Crippen LogP contribution in [0.4, 0.5) is 0 Å². The van der Waals surface area contributed by atoms with E-state index in [1.165, 1.54) is 5.56 Å². The van der Waals surface area contributed by atoms with Gasteiger partial charge in [-0.25, -0.2) is 0 Å². The van der Waals surface area contributed by atoms with E-state index in [2.05, 4.69) is 63.3 Å². The number of hydrogen-bond acceptors (Lipinski definition) is 2. The summed E-state index contributed by atoms with van der Waals surface area (Å²) in [6.45, 7) is 10.0. The fourth-order valence-electron chi connectivity index (χ4n) is 2.03. The van der Waals surface area contributed by atoms with Gasteiger partial charge in [-0.1, -0.05) is 69.8 Å². The van der Waals surface area contributed by atoms with Crippen molar-refractivity contribution in [2.24, 2.45) is 16.3 Å². The smallest absolute Gasteiger partial charge is 0.156 e. The van der Waals surface area contributed by atoms with Crippen LogP contribution in [0.3, 0.4) is 0 Å². The van der Waals surface area contributed by atoms with E-state index in [1.54, 1.807) is 0 Å². The number of nitrogens with zero attached hydrogens (tertiary/aromatic N) is 1. The fourth-order valence-corrected chi connectivity index (χ4v) is 3.01. The molecular formula is C17H26N2S. The standard InChI is InChI=1S/C17H26N2S/c1-13(17(2,3)4)11-18-16-19-15(12-20-16)10-14-8-6-5-7-9-14/h5-9,13,15H,10-12H2,1-4H3,(H,18,19). The molecule has 110 valence electrons. The van der Waals surface area contributed by atoms with Crippen LogP contribution < -0.4 is 5.32 Å². The summed E-state index contributed by atoms with van der Waals surface area (Å²) in [6, 6.07) is 11.2. The van der Waals surface area contributed by atoms with E-state index < -0.39 is 0 Å². The Kier molecular flexibility index (Phi) is 5.14. The zero-order chi connectivity index (χ0) is 14.6. The Balaban J connectivity index is 1.83. The normalized spacial score (nSPS) is 22.8. The first-order valence-electron chi connectivity index (χ1n) is 7.43. The number of hydrogen-bond donors (Lipinski definition) is 1. The summed E-state index contributed by atoms with van der Waals surface area (Å²) < 4.78 is 0. The molecule has 1 heterocycles. The third kappa shape index (κ3) is 4.55. The average molecular weight is 290 g/mol. The Hall–Kier alpha value is -0.960. The van der Waals surface area contributed by atoms with Gasteiger partial charge in [0.2, 0.25) is 0 Å². The van der Waals surface area contributed by atoms with Crippen LogP contribution in [0.15, 0.2) is 35.3 Å². The topological polar surface area (TPSA) is 24.4 Å². The molecule has 1 aromatic carbocycles. The summed E-state index contributed by atoms with van der Waals surface area (Å²) in [5, 5.41) is 4.69. The second-order valence-corrected chi connectivity index (χ2v) is 7.76. The van der Waals surface area contributed by atoms with Crippen molar-refractivity contribution in [3.8, 4) is 0 Å². The van der Waals surface area contributed by atoms with Crippen LogP contribution in [0, 0.1) is 11.3 Å². The first-order valence-corrected chi connectivity index (χ1v) is 8.41. The SMILES string of the molecule is CC(CN=C1NC(Cc2ccccc2)CS1)C(C)(C)C. The Morgan fingerprint density at radius 1 is 1.30 bits per heavy atom. The maximum Gasteiger partial charge on any atom is 0.156 e. The van der Waals surface area contributed by atoms with Gasteiger partial charge in [-0.05, 0) is 23.3 Å². The summed E-state index contributed by atoms with van der Waals surface area (Å²) in [6.07, 6.45) is 1.09. The van der Waals surface area contributed by atoms with Gasteiger partial charge in [-0.3, -0.25) is 4.99 Å². The van der Waals surface area contributed by atoms with Crippen molar-refractivity contribution in [2.75, 3.05) is 12.3 Å². The van der Waals surface area contributed by atoms with Crippen LogP contribution in [-0.2, 0) is 6.42 Å². The number of benzene rings is 1. The van der Waals surface area contributed by atoms with E-state index in [9.17, 15) is 0 Å². The molecule has 2 nitrogen and oxygen atoms in total. The maximum atomic E-state index is 4.75. The molecule has 1 aliphatic heterocycles. The summed E-state index contributed by atoms with van der Waals surface area (Å²) in [7, 11) is 0. The Bertz CT molecular complexity index is 448. The lowest BCUT2D eigenvalue weighted by molar-refractivity contribution is 0.269. The van der Waals surface area contributed by atoms with Crippen molar-refractivity contribution >= 4 is 16.9 Å². The first-order chi connectivity index (χ1) is 9.45. The van der Waals surface area contributed by atoms with E-state index in [1.807, 2.05) is 11.8 Å². The molecule has 0 bridgehead atoms. The van der Waals surface area contributed by atoms with Crippen LogP contribution in [0.5, 0.6) is 0 Å². The van der Waals surface area contributed by atoms with Crippen molar-refractivity contribution < 1.29 is 0 Å². The van der Waals surface area contributed by atoms with E-state index in [0.717, 1.165) is 23.9 Å². The highest BCUT2D eigenvalue weighted by molar-refractivity contribution is 8.14. The number of rotatable bonds is 4. The second-order valence-electron chi connectivity index (χ2n) is 6.75. The zero-order valence-electron chi connectivity index (χ0n) is 13.0. The van der Waals surface area contributed by atoms with Crippen LogP contribution in [-0.4, -0.2) is 23.5 Å². The minimum absolute atomic E-state index is 0.330. The van der Waals surface area contributed by atoms with Gasteiger partial charge in [-0.15, -0.1) is 0 Å². The molecule has 3 heteroatoms. The van der Waals surface area contributed by atoms with Crippen molar-refractivity contribution in [3.63, 3.8) is 0 Å². The van der Waals surface area contributed by atoms with Gasteiger partial charge in [0.1, 0.15) is 0 Å². The molecule has 1 aliphatic rings. The molecule has 0 amide bonds. The predicted molar refractivity (Wildman–Crippen MR) is 90.4 cm³/mol. The van der Waals surface area contributed by atoms with Crippen LogP contribution >= 0.6 is 11.8 Å². The van der Waals surface area contributed by atoms with Gasteiger partial charge in [0.05, 0.1) is 0 Å². The lowest BCUT2D eigenvalue weighted by Crippen LogP contribution is -2.29. The van der Waals surface area contributed by atoms with Gasteiger partial charge in [0.15, 0.2) is 5.17 Å². The summed E-state index contributed by atoms with van der Waals surface area (Å²) in [4.78, 5) is 4.75. The maximum absolute atomic E-state index is 4.75. The van der Waals surface area contributed by atoms with Crippen LogP contribution in [0.2, 0.25) is 0 Å². The van der Waals surface area contributed by atoms with Crippen molar-refractivity contribution in [3.05, 3.63) is 35.9 Å². The van der Waals surface area contributed by atoms with E-state index in [4.69, 9.17) is 4.99 Å². The molecule has 2 unspecified atom stereocenters. The second kappa shape index (κ2) is 6.66. The minimum Gasteiger partial charge on any atom is -0.361 e. The lowest BCUT2D eigenvalue weighted by Gasteiger charge is -2.25. The summed E-state index contributed by atoms with van der Waals surface area (Å²) >= 11 is 1.86. The zero-order valence-corrected chi connectivity index (χ0v) is 13.8. The molecule has 2 atom stereocenters. The highest BCUT2D eigenvalue weighted by atomic mass is 32.2. The molecule has 1 N–H and O–H groups in total. The van der Waals surface area contributed by atoms with Gasteiger partial charge in [-0.2, -0.15) is 0 Å². The predicted octanol–water partition coefficient (Wildman–Crippen LogP) is 3.97. The van der Waals surface area contributed by atoms with Gasteiger partial charge < -0.3 is 5.32 Å². The van der Waals surface area contributed by atoms with Crippen molar-refractivity contribution in [2.45, 2.75) is 40.2 Å². The van der Waals surface area contributed by atoms with Crippen LogP contribution in [0.25, 0.3) is 0 Å².